The number of alkyl carbamates (subject to hydrolysis) is 1. The molecule has 0 radical (unpaired) electrons. The lowest BCUT2D eigenvalue weighted by Gasteiger charge is -2.29. The van der Waals surface area contributed by atoms with Gasteiger partial charge in [-0.25, -0.2) is 9.59 Å². The molecule has 2 N–H and O–H groups in total. The number of benzene rings is 1. The van der Waals surface area contributed by atoms with Crippen LogP contribution < -0.4 is 10.6 Å². The van der Waals surface area contributed by atoms with E-state index in [2.05, 4.69) is 31.3 Å². The molecule has 0 spiro atoms. The summed E-state index contributed by atoms with van der Waals surface area (Å²) in [5.41, 5.74) is -0.369. The number of ketones is 1. The monoisotopic (exact) mass is 568 g/mol. The number of Topliss-reactive ketones (excluding diaryl/α,β-unsaturated/α-hetero) is 1. The summed E-state index contributed by atoms with van der Waals surface area (Å²) in [6, 6.07) is 4.58. The van der Waals surface area contributed by atoms with E-state index < -0.39 is 41.7 Å². The van der Waals surface area contributed by atoms with Crippen molar-refractivity contribution in [3.05, 3.63) is 34.3 Å². The Balaban J connectivity index is 2.22. The van der Waals surface area contributed by atoms with Gasteiger partial charge in [0.2, 0.25) is 11.8 Å². The van der Waals surface area contributed by atoms with Crippen molar-refractivity contribution in [1.82, 2.24) is 20.4 Å². The summed E-state index contributed by atoms with van der Waals surface area (Å²) in [5, 5.41) is 5.05. The van der Waals surface area contributed by atoms with Crippen molar-refractivity contribution in [2.24, 2.45) is 5.92 Å². The van der Waals surface area contributed by atoms with Crippen LogP contribution in [0.5, 0.6) is 0 Å². The molecule has 2 rings (SSSR count). The van der Waals surface area contributed by atoms with E-state index in [9.17, 15) is 24.0 Å². The van der Waals surface area contributed by atoms with Crippen LogP contribution >= 0.6 is 15.9 Å². The molecule has 0 bridgehead atoms. The van der Waals surface area contributed by atoms with Gasteiger partial charge < -0.3 is 25.0 Å². The van der Waals surface area contributed by atoms with Crippen LogP contribution in [0.2, 0.25) is 0 Å². The molecule has 1 aliphatic rings. The number of ether oxygens (including phenoxy) is 2. The van der Waals surface area contributed by atoms with Crippen molar-refractivity contribution in [1.29, 1.82) is 0 Å². The number of hydrogen-bond acceptors (Lipinski definition) is 7. The predicted octanol–water partition coefficient (Wildman–Crippen LogP) is 2.53. The summed E-state index contributed by atoms with van der Waals surface area (Å²) in [6.07, 6.45) is -1.49. The van der Waals surface area contributed by atoms with Gasteiger partial charge in [0, 0.05) is 10.0 Å². The van der Waals surface area contributed by atoms with Gasteiger partial charge in [-0.05, 0) is 38.8 Å². The number of hydrogen-bond donors (Lipinski definition) is 2. The van der Waals surface area contributed by atoms with E-state index in [4.69, 9.17) is 4.74 Å². The normalized spacial score (nSPS) is 16.4. The fourth-order valence-corrected chi connectivity index (χ4v) is 3.72. The molecule has 1 aromatic carbocycles. The maximum absolute atomic E-state index is 13.4. The van der Waals surface area contributed by atoms with Crippen LogP contribution in [0.15, 0.2) is 28.7 Å². The molecular weight excluding hydrogens is 536 g/mol. The Morgan fingerprint density at radius 1 is 1.11 bits per heavy atom. The van der Waals surface area contributed by atoms with E-state index in [-0.39, 0.29) is 31.5 Å². The zero-order chi connectivity index (χ0) is 27.2. The van der Waals surface area contributed by atoms with Crippen molar-refractivity contribution >= 4 is 45.7 Å². The molecule has 11 nitrogen and oxygen atoms in total. The van der Waals surface area contributed by atoms with Crippen molar-refractivity contribution < 1.29 is 33.4 Å². The quantitative estimate of drug-likeness (QED) is 0.482. The summed E-state index contributed by atoms with van der Waals surface area (Å²) >= 11 is 3.30. The minimum absolute atomic E-state index is 0.137. The van der Waals surface area contributed by atoms with Crippen LogP contribution in [0.3, 0.4) is 0 Å². The van der Waals surface area contributed by atoms with Crippen molar-refractivity contribution in [2.75, 3.05) is 26.9 Å². The van der Waals surface area contributed by atoms with E-state index in [0.29, 0.717) is 5.56 Å². The van der Waals surface area contributed by atoms with Crippen LogP contribution in [0, 0.1) is 5.92 Å². The van der Waals surface area contributed by atoms with Crippen molar-refractivity contribution in [2.45, 2.75) is 52.3 Å². The first-order valence-corrected chi connectivity index (χ1v) is 12.2. The molecule has 0 saturated carbocycles. The fourth-order valence-electron chi connectivity index (χ4n) is 3.46. The highest BCUT2D eigenvalue weighted by molar-refractivity contribution is 9.10. The molecule has 1 saturated heterocycles. The van der Waals surface area contributed by atoms with Gasteiger partial charge >= 0.3 is 12.2 Å². The number of carbonyl (C=O) groups excluding carboxylic acids is 5. The summed E-state index contributed by atoms with van der Waals surface area (Å²) in [6.45, 7) is 7.92. The van der Waals surface area contributed by atoms with Crippen LogP contribution in [-0.4, -0.2) is 84.1 Å². The number of methoxy groups -OCH3 is 1. The van der Waals surface area contributed by atoms with Gasteiger partial charge in [-0.2, -0.15) is 0 Å². The Kier molecular flexibility index (Phi) is 9.85. The molecule has 36 heavy (non-hydrogen) atoms. The molecule has 2 atom stereocenters. The Morgan fingerprint density at radius 3 is 2.25 bits per heavy atom. The van der Waals surface area contributed by atoms with Gasteiger partial charge in [0.15, 0.2) is 5.78 Å². The van der Waals surface area contributed by atoms with Crippen molar-refractivity contribution in [3.8, 4) is 0 Å². The van der Waals surface area contributed by atoms with E-state index in [1.807, 2.05) is 0 Å². The lowest BCUT2D eigenvalue weighted by Crippen LogP contribution is -2.56. The molecule has 1 fully saturated rings. The molecule has 198 valence electrons. The molecule has 1 aromatic rings. The fraction of sp³-hybridized carbons (Fsp3) is 0.542. The first kappa shape index (κ1) is 29.1. The van der Waals surface area contributed by atoms with Gasteiger partial charge in [-0.1, -0.05) is 41.9 Å². The molecular formula is C24H33BrN4O7. The molecule has 1 heterocycles. The first-order chi connectivity index (χ1) is 16.7. The number of carbonyl (C=O) groups is 5. The lowest BCUT2D eigenvalue weighted by atomic mass is 10.0. The highest BCUT2D eigenvalue weighted by Gasteiger charge is 2.44. The van der Waals surface area contributed by atoms with Crippen LogP contribution in [0.25, 0.3) is 0 Å². The second-order valence-corrected chi connectivity index (χ2v) is 10.6. The zero-order valence-corrected chi connectivity index (χ0v) is 22.9. The topological polar surface area (TPSA) is 134 Å². The smallest absolute Gasteiger partial charge is 0.411 e. The summed E-state index contributed by atoms with van der Waals surface area (Å²) < 4.78 is 10.8. The third kappa shape index (κ3) is 7.94. The molecule has 0 unspecified atom stereocenters. The van der Waals surface area contributed by atoms with Gasteiger partial charge in [-0.3, -0.25) is 19.3 Å². The Morgan fingerprint density at radius 2 is 1.72 bits per heavy atom. The van der Waals surface area contributed by atoms with Gasteiger partial charge in [0.1, 0.15) is 24.4 Å². The zero-order valence-electron chi connectivity index (χ0n) is 21.3. The molecule has 12 heteroatoms. The Hall–Kier alpha value is -3.15. The third-order valence-corrected chi connectivity index (χ3v) is 5.84. The van der Waals surface area contributed by atoms with Crippen LogP contribution in [0.4, 0.5) is 9.59 Å². The van der Waals surface area contributed by atoms with E-state index >= 15 is 0 Å². The van der Waals surface area contributed by atoms with Gasteiger partial charge in [-0.15, -0.1) is 0 Å². The molecule has 0 aliphatic carbocycles. The third-order valence-electron chi connectivity index (χ3n) is 5.31. The summed E-state index contributed by atoms with van der Waals surface area (Å²) in [4.78, 5) is 66.0. The minimum atomic E-state index is -1.09. The van der Waals surface area contributed by atoms with Crippen LogP contribution in [-0.2, 0) is 19.1 Å². The van der Waals surface area contributed by atoms with Gasteiger partial charge in [0.25, 0.3) is 0 Å². The predicted molar refractivity (Wildman–Crippen MR) is 134 cm³/mol. The second kappa shape index (κ2) is 12.2. The summed E-state index contributed by atoms with van der Waals surface area (Å²) in [7, 11) is 1.18. The maximum atomic E-state index is 13.4. The van der Waals surface area contributed by atoms with Crippen LogP contribution in [0.1, 0.15) is 45.0 Å². The number of amides is 4. The number of rotatable bonds is 7. The Labute approximate surface area is 219 Å². The lowest BCUT2D eigenvalue weighted by molar-refractivity contribution is -0.140. The average Bonchev–Trinajstić information content (AvgIpc) is 3.25. The standard InChI is InChI=1S/C24H33BrN4O7/c1-14(2)19(27-22(33)35-6)21(32)29-13-28(23(34)36-24(3,4)5)12-17(29)20(31)26-11-18(30)15-7-9-16(25)10-8-15/h7-10,14,17,19H,11-13H2,1-6H3,(H,26,31)(H,27,33)/t17-,19-/m0/s1. The largest absolute Gasteiger partial charge is 0.453 e. The van der Waals surface area contributed by atoms with Crippen molar-refractivity contribution in [3.63, 3.8) is 0 Å². The number of nitrogens with zero attached hydrogens (tertiary/aromatic N) is 2. The summed E-state index contributed by atoms with van der Waals surface area (Å²) in [5.74, 6) is -1.83. The number of halogens is 1. The van der Waals surface area contributed by atoms with E-state index in [0.717, 1.165) is 4.47 Å². The molecule has 1 aliphatic heterocycles. The van der Waals surface area contributed by atoms with Gasteiger partial charge in [0.05, 0.1) is 20.2 Å². The van der Waals surface area contributed by atoms with E-state index in [1.54, 1.807) is 58.9 Å². The highest BCUT2D eigenvalue weighted by atomic mass is 79.9. The van der Waals surface area contributed by atoms with E-state index in [1.165, 1.54) is 16.9 Å². The SMILES string of the molecule is COC(=O)N[C@H](C(=O)N1CN(C(=O)OC(C)(C)C)C[C@H]1C(=O)NCC(=O)c1ccc(Br)cc1)C(C)C. The minimum Gasteiger partial charge on any atom is -0.453 e. The number of nitrogens with one attached hydrogen (secondary N) is 2. The highest BCUT2D eigenvalue weighted by Crippen LogP contribution is 2.21. The average molecular weight is 569 g/mol. The second-order valence-electron chi connectivity index (χ2n) is 9.67. The molecule has 0 aromatic heterocycles. The maximum Gasteiger partial charge on any atom is 0.411 e. The molecule has 4 amide bonds. The first-order valence-electron chi connectivity index (χ1n) is 11.4. The Bertz CT molecular complexity index is 991.